The Balaban J connectivity index is 3.65. The topological polar surface area (TPSA) is 37.3 Å². The van der Waals surface area contributed by atoms with Crippen LogP contribution in [0, 0.1) is 0 Å². The van der Waals surface area contributed by atoms with Crippen LogP contribution in [0.5, 0.6) is 0 Å². The Kier molecular flexibility index (Phi) is 6.98. The molecule has 0 atom stereocenters. The third-order valence-corrected chi connectivity index (χ3v) is 1.61. The number of allylic oxidation sites excluding steroid dienone is 3. The van der Waals surface area contributed by atoms with Crippen molar-refractivity contribution in [3.05, 3.63) is 24.0 Å². The fourth-order valence-corrected chi connectivity index (χ4v) is 0.973. The molecule has 0 saturated carbocycles. The van der Waals surface area contributed by atoms with E-state index in [-0.39, 0.29) is 11.5 Å². The quantitative estimate of drug-likeness (QED) is 0.296. The van der Waals surface area contributed by atoms with E-state index in [1.807, 2.05) is 6.08 Å². The summed E-state index contributed by atoms with van der Waals surface area (Å²) in [6.45, 7) is 3.57. The SMILES string of the molecule is CCCCC/C=C\C(O)=C\C(C)=O. The Morgan fingerprint density at radius 3 is 2.62 bits per heavy atom. The first-order valence-electron chi connectivity index (χ1n) is 4.74. The minimum absolute atomic E-state index is 0.0454. The van der Waals surface area contributed by atoms with Crippen LogP contribution in [0.2, 0.25) is 0 Å². The predicted molar refractivity (Wildman–Crippen MR) is 54.7 cm³/mol. The summed E-state index contributed by atoms with van der Waals surface area (Å²) in [5.74, 6) is -0.0836. The zero-order valence-electron chi connectivity index (χ0n) is 8.42. The third kappa shape index (κ3) is 8.86. The molecule has 2 nitrogen and oxygen atoms in total. The number of unbranched alkanes of at least 4 members (excludes halogenated alkanes) is 3. The number of hydrogen-bond donors (Lipinski definition) is 1. The van der Waals surface area contributed by atoms with Gasteiger partial charge in [0.05, 0.1) is 0 Å². The molecule has 0 saturated heterocycles. The molecule has 0 fully saturated rings. The van der Waals surface area contributed by atoms with Crippen molar-refractivity contribution < 1.29 is 9.90 Å². The lowest BCUT2D eigenvalue weighted by molar-refractivity contribution is -0.112. The smallest absolute Gasteiger partial charge is 0.156 e. The molecule has 13 heavy (non-hydrogen) atoms. The Bertz CT molecular complexity index is 202. The molecule has 0 amide bonds. The van der Waals surface area contributed by atoms with E-state index in [9.17, 15) is 4.79 Å². The average Bonchev–Trinajstić information content (AvgIpc) is 2.02. The summed E-state index contributed by atoms with van der Waals surface area (Å²) >= 11 is 0. The van der Waals surface area contributed by atoms with Crippen molar-refractivity contribution >= 4 is 5.78 Å². The molecule has 0 aromatic rings. The van der Waals surface area contributed by atoms with Gasteiger partial charge in [0, 0.05) is 6.08 Å². The summed E-state index contributed by atoms with van der Waals surface area (Å²) in [5, 5.41) is 9.13. The first kappa shape index (κ1) is 11.9. The number of carbonyl (C=O) groups excluding carboxylic acids is 1. The highest BCUT2D eigenvalue weighted by molar-refractivity contribution is 5.87. The largest absolute Gasteiger partial charge is 0.508 e. The molecule has 0 heterocycles. The van der Waals surface area contributed by atoms with Crippen molar-refractivity contribution in [2.45, 2.75) is 39.5 Å². The lowest BCUT2D eigenvalue weighted by atomic mass is 10.2. The minimum Gasteiger partial charge on any atom is -0.508 e. The maximum absolute atomic E-state index is 10.5. The van der Waals surface area contributed by atoms with Gasteiger partial charge < -0.3 is 5.11 Å². The summed E-state index contributed by atoms with van der Waals surface area (Å²) in [5.41, 5.74) is 0. The van der Waals surface area contributed by atoms with E-state index in [1.54, 1.807) is 6.08 Å². The molecule has 0 aliphatic carbocycles. The van der Waals surface area contributed by atoms with Crippen LogP contribution in [-0.2, 0) is 4.79 Å². The van der Waals surface area contributed by atoms with Gasteiger partial charge in [-0.2, -0.15) is 0 Å². The molecular weight excluding hydrogens is 164 g/mol. The standard InChI is InChI=1S/C11H18O2/c1-3-4-5-6-7-8-11(13)9-10(2)12/h7-9,13H,3-6H2,1-2H3/b8-7-,11-9-. The molecule has 0 rings (SSSR count). The number of carbonyl (C=O) groups is 1. The summed E-state index contributed by atoms with van der Waals surface area (Å²) < 4.78 is 0. The summed E-state index contributed by atoms with van der Waals surface area (Å²) in [4.78, 5) is 10.5. The highest BCUT2D eigenvalue weighted by atomic mass is 16.3. The third-order valence-electron chi connectivity index (χ3n) is 1.61. The average molecular weight is 182 g/mol. The molecule has 2 heteroatoms. The van der Waals surface area contributed by atoms with Gasteiger partial charge in [-0.25, -0.2) is 0 Å². The van der Waals surface area contributed by atoms with E-state index in [2.05, 4.69) is 6.92 Å². The van der Waals surface area contributed by atoms with Crippen molar-refractivity contribution in [1.29, 1.82) is 0 Å². The zero-order chi connectivity index (χ0) is 10.1. The van der Waals surface area contributed by atoms with Crippen molar-refractivity contribution in [3.8, 4) is 0 Å². The molecule has 1 N–H and O–H groups in total. The summed E-state index contributed by atoms with van der Waals surface area (Å²) in [6, 6.07) is 0. The predicted octanol–water partition coefficient (Wildman–Crippen LogP) is 3.15. The van der Waals surface area contributed by atoms with Gasteiger partial charge in [0.15, 0.2) is 5.78 Å². The first-order chi connectivity index (χ1) is 6.16. The molecule has 0 aliphatic heterocycles. The fraction of sp³-hybridized carbons (Fsp3) is 0.545. The van der Waals surface area contributed by atoms with E-state index < -0.39 is 0 Å². The van der Waals surface area contributed by atoms with E-state index in [0.717, 1.165) is 12.8 Å². The molecule has 0 bridgehead atoms. The van der Waals surface area contributed by atoms with Crippen molar-refractivity contribution in [1.82, 2.24) is 0 Å². The van der Waals surface area contributed by atoms with Crippen molar-refractivity contribution in [2.75, 3.05) is 0 Å². The molecule has 0 aromatic heterocycles. The van der Waals surface area contributed by atoms with Gasteiger partial charge in [0.25, 0.3) is 0 Å². The number of rotatable bonds is 6. The monoisotopic (exact) mass is 182 g/mol. The Morgan fingerprint density at radius 2 is 2.08 bits per heavy atom. The maximum Gasteiger partial charge on any atom is 0.156 e. The van der Waals surface area contributed by atoms with Gasteiger partial charge in [-0.1, -0.05) is 25.8 Å². The van der Waals surface area contributed by atoms with Gasteiger partial charge in [-0.15, -0.1) is 0 Å². The summed E-state index contributed by atoms with van der Waals surface area (Å²) in [7, 11) is 0. The van der Waals surface area contributed by atoms with Gasteiger partial charge in [0.1, 0.15) is 5.76 Å². The lowest BCUT2D eigenvalue weighted by Gasteiger charge is -1.92. The molecule has 0 spiro atoms. The van der Waals surface area contributed by atoms with E-state index in [0.29, 0.717) is 0 Å². The molecule has 0 radical (unpaired) electrons. The van der Waals surface area contributed by atoms with Gasteiger partial charge in [-0.05, 0) is 25.8 Å². The number of hydrogen-bond acceptors (Lipinski definition) is 2. The van der Waals surface area contributed by atoms with Gasteiger partial charge in [-0.3, -0.25) is 4.79 Å². The van der Waals surface area contributed by atoms with E-state index in [1.165, 1.54) is 25.8 Å². The highest BCUT2D eigenvalue weighted by Crippen LogP contribution is 2.01. The molecule has 74 valence electrons. The van der Waals surface area contributed by atoms with Crippen molar-refractivity contribution in [3.63, 3.8) is 0 Å². The normalized spacial score (nSPS) is 12.3. The maximum atomic E-state index is 10.5. The van der Waals surface area contributed by atoms with E-state index in [4.69, 9.17) is 5.11 Å². The number of aliphatic hydroxyl groups excluding tert-OH is 1. The van der Waals surface area contributed by atoms with Crippen LogP contribution in [0.1, 0.15) is 39.5 Å². The second-order valence-corrected chi connectivity index (χ2v) is 3.08. The second-order valence-electron chi connectivity index (χ2n) is 3.08. The van der Waals surface area contributed by atoms with E-state index >= 15 is 0 Å². The molecule has 0 aromatic carbocycles. The molecular formula is C11H18O2. The van der Waals surface area contributed by atoms with Crippen LogP contribution in [0.15, 0.2) is 24.0 Å². The van der Waals surface area contributed by atoms with Crippen LogP contribution in [0.4, 0.5) is 0 Å². The van der Waals surface area contributed by atoms with Crippen LogP contribution in [-0.4, -0.2) is 10.9 Å². The van der Waals surface area contributed by atoms with Crippen LogP contribution < -0.4 is 0 Å². The minimum atomic E-state index is -0.129. The Morgan fingerprint density at radius 1 is 1.38 bits per heavy atom. The fourth-order valence-electron chi connectivity index (χ4n) is 0.973. The summed E-state index contributed by atoms with van der Waals surface area (Å²) in [6.07, 6.45) is 9.20. The van der Waals surface area contributed by atoms with Crippen LogP contribution in [0.3, 0.4) is 0 Å². The zero-order valence-corrected chi connectivity index (χ0v) is 8.42. The molecule has 0 aliphatic rings. The number of ketones is 1. The number of aliphatic hydroxyl groups is 1. The molecule has 0 unspecified atom stereocenters. The van der Waals surface area contributed by atoms with Crippen molar-refractivity contribution in [2.24, 2.45) is 0 Å². The Labute approximate surface area is 80.0 Å². The van der Waals surface area contributed by atoms with Crippen LogP contribution >= 0.6 is 0 Å². The highest BCUT2D eigenvalue weighted by Gasteiger charge is 1.88. The first-order valence-corrected chi connectivity index (χ1v) is 4.74. The van der Waals surface area contributed by atoms with Crippen LogP contribution in [0.25, 0.3) is 0 Å². The van der Waals surface area contributed by atoms with Gasteiger partial charge >= 0.3 is 0 Å². The Hall–Kier alpha value is -1.05. The van der Waals surface area contributed by atoms with Gasteiger partial charge in [0.2, 0.25) is 0 Å². The lowest BCUT2D eigenvalue weighted by Crippen LogP contribution is -1.84. The second kappa shape index (κ2) is 7.59.